The lowest BCUT2D eigenvalue weighted by atomic mass is 10.1. The first kappa shape index (κ1) is 13.8. The van der Waals surface area contributed by atoms with E-state index in [0.717, 1.165) is 16.1 Å². The Hall–Kier alpha value is -2.14. The first-order valence-electron chi connectivity index (χ1n) is 6.76. The van der Waals surface area contributed by atoms with E-state index in [1.54, 1.807) is 0 Å². The summed E-state index contributed by atoms with van der Waals surface area (Å²) in [7, 11) is 0. The van der Waals surface area contributed by atoms with E-state index in [4.69, 9.17) is 10.3 Å². The number of nitrogens with zero attached hydrogens (tertiary/aromatic N) is 2. The van der Waals surface area contributed by atoms with Gasteiger partial charge in [0.15, 0.2) is 5.82 Å². The van der Waals surface area contributed by atoms with Gasteiger partial charge in [-0.15, -0.1) is 11.3 Å². The predicted octanol–water partition coefficient (Wildman–Crippen LogP) is 3.90. The second-order valence-corrected chi connectivity index (χ2v) is 6.23. The molecule has 0 unspecified atom stereocenters. The monoisotopic (exact) mass is 299 g/mol. The molecule has 2 aromatic heterocycles. The Morgan fingerprint density at radius 1 is 1.14 bits per heavy atom. The van der Waals surface area contributed by atoms with Crippen LogP contribution in [0.15, 0.2) is 28.1 Å². The van der Waals surface area contributed by atoms with Gasteiger partial charge in [0.1, 0.15) is 4.88 Å². The number of thiophene rings is 1. The zero-order valence-corrected chi connectivity index (χ0v) is 13.1. The van der Waals surface area contributed by atoms with Gasteiger partial charge in [0.2, 0.25) is 0 Å². The third-order valence-electron chi connectivity index (χ3n) is 3.33. The predicted molar refractivity (Wildman–Crippen MR) is 85.5 cm³/mol. The molecule has 2 N–H and O–H groups in total. The zero-order chi connectivity index (χ0) is 15.0. The minimum Gasteiger partial charge on any atom is -0.397 e. The molecule has 0 fully saturated rings. The van der Waals surface area contributed by atoms with Gasteiger partial charge in [-0.05, 0) is 37.3 Å². The van der Waals surface area contributed by atoms with Gasteiger partial charge >= 0.3 is 0 Å². The number of benzene rings is 1. The molecule has 108 valence electrons. The second kappa shape index (κ2) is 5.33. The molecule has 0 spiro atoms. The highest BCUT2D eigenvalue weighted by Gasteiger charge is 2.15. The number of aromatic nitrogens is 2. The first-order valence-corrected chi connectivity index (χ1v) is 7.64. The fraction of sp³-hybridized carbons (Fsp3) is 0.250. The largest absolute Gasteiger partial charge is 0.397 e. The molecule has 1 aromatic carbocycles. The van der Waals surface area contributed by atoms with Crippen molar-refractivity contribution in [3.05, 3.63) is 51.7 Å². The van der Waals surface area contributed by atoms with Crippen LogP contribution in [-0.4, -0.2) is 10.1 Å². The van der Waals surface area contributed by atoms with Crippen LogP contribution < -0.4 is 5.73 Å². The molecule has 0 bridgehead atoms. The molecule has 0 aliphatic heterocycles. The SMILES string of the molecule is Cc1cc(C)cc(Cc2noc(-c3scc(C)c3N)n2)c1. The van der Waals surface area contributed by atoms with Crippen LogP contribution in [0.25, 0.3) is 10.8 Å². The molecule has 0 amide bonds. The second-order valence-electron chi connectivity index (χ2n) is 5.35. The number of nitrogen functional groups attached to an aromatic ring is 1. The summed E-state index contributed by atoms with van der Waals surface area (Å²) in [4.78, 5) is 5.32. The number of aryl methyl sites for hydroxylation is 3. The molecule has 21 heavy (non-hydrogen) atoms. The first-order chi connectivity index (χ1) is 10.0. The normalized spacial score (nSPS) is 11.0. The Morgan fingerprint density at radius 3 is 2.48 bits per heavy atom. The number of anilines is 1. The third-order valence-corrected chi connectivity index (χ3v) is 4.43. The highest BCUT2D eigenvalue weighted by atomic mass is 32.1. The summed E-state index contributed by atoms with van der Waals surface area (Å²) in [6, 6.07) is 6.44. The molecule has 0 saturated carbocycles. The quantitative estimate of drug-likeness (QED) is 0.796. The molecule has 0 aliphatic carbocycles. The van der Waals surface area contributed by atoms with Gasteiger partial charge in [-0.1, -0.05) is 34.5 Å². The van der Waals surface area contributed by atoms with E-state index in [-0.39, 0.29) is 0 Å². The van der Waals surface area contributed by atoms with Gasteiger partial charge in [0.25, 0.3) is 5.89 Å². The zero-order valence-electron chi connectivity index (χ0n) is 12.3. The lowest BCUT2D eigenvalue weighted by Gasteiger charge is -2.01. The summed E-state index contributed by atoms with van der Waals surface area (Å²) in [6.07, 6.45) is 0.663. The molecule has 0 radical (unpaired) electrons. The Bertz CT molecular complexity index is 768. The summed E-state index contributed by atoms with van der Waals surface area (Å²) in [5, 5.41) is 6.06. The molecular formula is C16H17N3OS. The number of hydrogen-bond acceptors (Lipinski definition) is 5. The average Bonchev–Trinajstić information content (AvgIpc) is 2.97. The summed E-state index contributed by atoms with van der Waals surface area (Å²) < 4.78 is 5.35. The molecule has 5 heteroatoms. The highest BCUT2D eigenvalue weighted by molar-refractivity contribution is 7.14. The van der Waals surface area contributed by atoms with Gasteiger partial charge in [0.05, 0.1) is 5.69 Å². The molecule has 4 nitrogen and oxygen atoms in total. The van der Waals surface area contributed by atoms with Crippen LogP contribution in [0.1, 0.15) is 28.1 Å². The van der Waals surface area contributed by atoms with Crippen LogP contribution in [0.5, 0.6) is 0 Å². The van der Waals surface area contributed by atoms with Crippen LogP contribution in [0.2, 0.25) is 0 Å². The van der Waals surface area contributed by atoms with E-state index in [9.17, 15) is 0 Å². The number of hydrogen-bond donors (Lipinski definition) is 1. The maximum atomic E-state index is 6.02. The van der Waals surface area contributed by atoms with E-state index in [1.165, 1.54) is 28.0 Å². The molecule has 3 aromatic rings. The van der Waals surface area contributed by atoms with E-state index in [0.29, 0.717) is 18.1 Å². The summed E-state index contributed by atoms with van der Waals surface area (Å²) >= 11 is 1.53. The van der Waals surface area contributed by atoms with Crippen LogP contribution in [0, 0.1) is 20.8 Å². The van der Waals surface area contributed by atoms with Crippen LogP contribution in [0.4, 0.5) is 5.69 Å². The Balaban J connectivity index is 1.87. The lowest BCUT2D eigenvalue weighted by Crippen LogP contribution is -1.93. The number of nitrogens with two attached hydrogens (primary N) is 1. The smallest absolute Gasteiger partial charge is 0.270 e. The Labute approximate surface area is 127 Å². The molecule has 0 atom stereocenters. The van der Waals surface area contributed by atoms with Crippen molar-refractivity contribution in [2.45, 2.75) is 27.2 Å². The van der Waals surface area contributed by atoms with Crippen molar-refractivity contribution >= 4 is 17.0 Å². The molecule has 2 heterocycles. The average molecular weight is 299 g/mol. The standard InChI is InChI=1S/C16H17N3OS/c1-9-4-10(2)6-12(5-9)7-13-18-16(20-19-13)15-14(17)11(3)8-21-15/h4-6,8H,7,17H2,1-3H3. The van der Waals surface area contributed by atoms with Crippen molar-refractivity contribution in [2.24, 2.45) is 0 Å². The Kier molecular flexibility index (Phi) is 3.51. The van der Waals surface area contributed by atoms with Crippen LogP contribution in [0.3, 0.4) is 0 Å². The van der Waals surface area contributed by atoms with Crippen molar-refractivity contribution in [2.75, 3.05) is 5.73 Å². The van der Waals surface area contributed by atoms with E-state index < -0.39 is 0 Å². The minimum atomic E-state index is 0.505. The maximum Gasteiger partial charge on any atom is 0.270 e. The van der Waals surface area contributed by atoms with Gasteiger partial charge < -0.3 is 10.3 Å². The summed E-state index contributed by atoms with van der Waals surface area (Å²) in [5.41, 5.74) is 11.5. The van der Waals surface area contributed by atoms with Crippen molar-refractivity contribution < 1.29 is 4.52 Å². The molecule has 0 saturated heterocycles. The van der Waals surface area contributed by atoms with E-state index in [1.807, 2.05) is 12.3 Å². The highest BCUT2D eigenvalue weighted by Crippen LogP contribution is 2.33. The minimum absolute atomic E-state index is 0.505. The van der Waals surface area contributed by atoms with Gasteiger partial charge in [-0.3, -0.25) is 0 Å². The molecular weight excluding hydrogens is 282 g/mol. The summed E-state index contributed by atoms with van der Waals surface area (Å²) in [6.45, 7) is 6.16. The fourth-order valence-corrected chi connectivity index (χ4v) is 3.28. The number of rotatable bonds is 3. The van der Waals surface area contributed by atoms with Crippen molar-refractivity contribution in [1.29, 1.82) is 0 Å². The van der Waals surface area contributed by atoms with Gasteiger partial charge in [-0.2, -0.15) is 4.98 Å². The third kappa shape index (κ3) is 2.83. The van der Waals surface area contributed by atoms with E-state index in [2.05, 4.69) is 42.2 Å². The van der Waals surface area contributed by atoms with Crippen molar-refractivity contribution in [3.63, 3.8) is 0 Å². The van der Waals surface area contributed by atoms with Crippen molar-refractivity contribution in [3.8, 4) is 10.8 Å². The summed E-state index contributed by atoms with van der Waals surface area (Å²) in [5.74, 6) is 1.19. The Morgan fingerprint density at radius 2 is 1.86 bits per heavy atom. The molecule has 3 rings (SSSR count). The fourth-order valence-electron chi connectivity index (χ4n) is 2.39. The molecule has 0 aliphatic rings. The topological polar surface area (TPSA) is 64.9 Å². The van der Waals surface area contributed by atoms with E-state index >= 15 is 0 Å². The van der Waals surface area contributed by atoms with Crippen LogP contribution >= 0.6 is 11.3 Å². The van der Waals surface area contributed by atoms with Gasteiger partial charge in [-0.25, -0.2) is 0 Å². The maximum absolute atomic E-state index is 6.02. The van der Waals surface area contributed by atoms with Crippen LogP contribution in [-0.2, 0) is 6.42 Å². The lowest BCUT2D eigenvalue weighted by molar-refractivity contribution is 0.425. The van der Waals surface area contributed by atoms with Crippen molar-refractivity contribution in [1.82, 2.24) is 10.1 Å². The van der Waals surface area contributed by atoms with Gasteiger partial charge in [0, 0.05) is 6.42 Å².